The van der Waals surface area contributed by atoms with Crippen LogP contribution in [0.15, 0.2) is 6.07 Å². The molecule has 0 spiro atoms. The van der Waals surface area contributed by atoms with Crippen molar-refractivity contribution >= 4 is 46.4 Å². The molecule has 0 aliphatic rings. The van der Waals surface area contributed by atoms with Gasteiger partial charge in [-0.3, -0.25) is 9.59 Å². The van der Waals surface area contributed by atoms with Gasteiger partial charge < -0.3 is 10.0 Å². The number of amides is 1. The number of carboxylic acids is 1. The van der Waals surface area contributed by atoms with Gasteiger partial charge in [0.1, 0.15) is 10.9 Å². The fourth-order valence-corrected chi connectivity index (χ4v) is 2.79. The second-order valence-corrected chi connectivity index (χ2v) is 5.64. The van der Waals surface area contributed by atoms with Gasteiger partial charge >= 0.3 is 5.97 Å². The molecule has 0 aromatic carbocycles. The summed E-state index contributed by atoms with van der Waals surface area (Å²) >= 11 is 12.7. The molecule has 0 saturated heterocycles. The SMILES string of the molecule is CCCN(CC(=O)O)C(=O)c1cc(Cl)sc1Cl. The smallest absolute Gasteiger partial charge is 0.323 e. The standard InChI is InChI=1S/C10H11Cl2NO3S/c1-2-3-13(5-8(14)15)10(16)6-4-7(11)17-9(6)12/h4H,2-3,5H2,1H3,(H,14,15). The van der Waals surface area contributed by atoms with Crippen molar-refractivity contribution in [3.05, 3.63) is 20.3 Å². The van der Waals surface area contributed by atoms with Crippen LogP contribution in [-0.4, -0.2) is 35.0 Å². The lowest BCUT2D eigenvalue weighted by Gasteiger charge is -2.19. The first kappa shape index (κ1) is 14.3. The summed E-state index contributed by atoms with van der Waals surface area (Å²) in [4.78, 5) is 23.9. The predicted molar refractivity (Wildman–Crippen MR) is 68.2 cm³/mol. The zero-order valence-electron chi connectivity index (χ0n) is 9.07. The molecule has 1 N–H and O–H groups in total. The third-order valence-corrected chi connectivity index (χ3v) is 3.48. The minimum absolute atomic E-state index is 0.261. The van der Waals surface area contributed by atoms with Crippen molar-refractivity contribution in [2.75, 3.05) is 13.1 Å². The van der Waals surface area contributed by atoms with Crippen LogP contribution in [0.3, 0.4) is 0 Å². The zero-order valence-corrected chi connectivity index (χ0v) is 11.4. The summed E-state index contributed by atoms with van der Waals surface area (Å²) in [6, 6.07) is 1.46. The number of hydrogen-bond acceptors (Lipinski definition) is 3. The van der Waals surface area contributed by atoms with E-state index in [1.807, 2.05) is 6.92 Å². The highest BCUT2D eigenvalue weighted by Gasteiger charge is 2.21. The number of rotatable bonds is 5. The first-order valence-corrected chi connectivity index (χ1v) is 6.48. The van der Waals surface area contributed by atoms with Crippen LogP contribution in [0.4, 0.5) is 0 Å². The van der Waals surface area contributed by atoms with E-state index in [0.29, 0.717) is 17.3 Å². The van der Waals surface area contributed by atoms with Gasteiger partial charge in [0.2, 0.25) is 0 Å². The van der Waals surface area contributed by atoms with Crippen molar-refractivity contribution < 1.29 is 14.7 Å². The normalized spacial score (nSPS) is 10.3. The molecule has 94 valence electrons. The maximum Gasteiger partial charge on any atom is 0.323 e. The molecule has 0 aliphatic heterocycles. The summed E-state index contributed by atoms with van der Waals surface area (Å²) in [7, 11) is 0. The molecule has 0 atom stereocenters. The van der Waals surface area contributed by atoms with E-state index in [0.717, 1.165) is 11.3 Å². The molecule has 1 aromatic heterocycles. The van der Waals surface area contributed by atoms with Crippen molar-refractivity contribution in [3.63, 3.8) is 0 Å². The van der Waals surface area contributed by atoms with Gasteiger partial charge in [-0.05, 0) is 12.5 Å². The fourth-order valence-electron chi connectivity index (χ4n) is 1.34. The van der Waals surface area contributed by atoms with Crippen LogP contribution in [0.5, 0.6) is 0 Å². The largest absolute Gasteiger partial charge is 0.480 e. The predicted octanol–water partition coefficient (Wildman–Crippen LogP) is 2.99. The van der Waals surface area contributed by atoms with E-state index in [-0.39, 0.29) is 16.4 Å². The summed E-state index contributed by atoms with van der Waals surface area (Å²) in [5.41, 5.74) is 0.261. The van der Waals surface area contributed by atoms with Crippen molar-refractivity contribution in [1.29, 1.82) is 0 Å². The van der Waals surface area contributed by atoms with E-state index < -0.39 is 11.9 Å². The van der Waals surface area contributed by atoms with Crippen LogP contribution in [0.1, 0.15) is 23.7 Å². The Morgan fingerprint density at radius 2 is 2.12 bits per heavy atom. The Bertz CT molecular complexity index is 433. The Morgan fingerprint density at radius 1 is 1.47 bits per heavy atom. The fraction of sp³-hybridized carbons (Fsp3) is 0.400. The van der Waals surface area contributed by atoms with Gasteiger partial charge in [-0.15, -0.1) is 11.3 Å². The molecule has 0 radical (unpaired) electrons. The minimum atomic E-state index is -1.05. The molecule has 0 saturated carbocycles. The number of hydrogen-bond donors (Lipinski definition) is 1. The van der Waals surface area contributed by atoms with Crippen molar-refractivity contribution in [3.8, 4) is 0 Å². The van der Waals surface area contributed by atoms with Gasteiger partial charge in [-0.2, -0.15) is 0 Å². The average molecular weight is 296 g/mol. The van der Waals surface area contributed by atoms with Gasteiger partial charge in [0.25, 0.3) is 5.91 Å². The van der Waals surface area contributed by atoms with E-state index in [9.17, 15) is 9.59 Å². The molecule has 4 nitrogen and oxygen atoms in total. The molecule has 1 rings (SSSR count). The lowest BCUT2D eigenvalue weighted by molar-refractivity contribution is -0.137. The number of carbonyl (C=O) groups excluding carboxylic acids is 1. The van der Waals surface area contributed by atoms with Crippen molar-refractivity contribution in [2.24, 2.45) is 0 Å². The molecule has 1 aromatic rings. The third-order valence-electron chi connectivity index (χ3n) is 1.99. The van der Waals surface area contributed by atoms with E-state index >= 15 is 0 Å². The molecule has 1 amide bonds. The highest BCUT2D eigenvalue weighted by Crippen LogP contribution is 2.31. The summed E-state index contributed by atoms with van der Waals surface area (Å²) in [5.74, 6) is -1.45. The van der Waals surface area contributed by atoms with E-state index in [1.54, 1.807) is 0 Å². The van der Waals surface area contributed by atoms with E-state index in [2.05, 4.69) is 0 Å². The Kier molecular flexibility index (Phi) is 5.24. The molecule has 0 bridgehead atoms. The van der Waals surface area contributed by atoms with Gasteiger partial charge in [-0.1, -0.05) is 30.1 Å². The Morgan fingerprint density at radius 3 is 2.53 bits per heavy atom. The van der Waals surface area contributed by atoms with Crippen LogP contribution in [-0.2, 0) is 4.79 Å². The number of carbonyl (C=O) groups is 2. The van der Waals surface area contributed by atoms with Gasteiger partial charge in [-0.25, -0.2) is 0 Å². The number of thiophene rings is 1. The molecule has 0 fully saturated rings. The van der Waals surface area contributed by atoms with E-state index in [1.165, 1.54) is 11.0 Å². The second kappa shape index (κ2) is 6.23. The van der Waals surface area contributed by atoms with Crippen LogP contribution < -0.4 is 0 Å². The lowest BCUT2D eigenvalue weighted by Crippen LogP contribution is -2.36. The van der Waals surface area contributed by atoms with Gasteiger partial charge in [0, 0.05) is 6.54 Å². The number of aliphatic carboxylic acids is 1. The summed E-state index contributed by atoms with van der Waals surface area (Å²) in [6.45, 7) is 1.90. The molecular formula is C10H11Cl2NO3S. The topological polar surface area (TPSA) is 57.6 Å². The first-order valence-electron chi connectivity index (χ1n) is 4.91. The number of carboxylic acid groups (broad SMARTS) is 1. The number of nitrogens with zero attached hydrogens (tertiary/aromatic N) is 1. The molecule has 0 aliphatic carbocycles. The molecule has 1 heterocycles. The summed E-state index contributed by atoms with van der Waals surface area (Å²) in [5, 5.41) is 8.73. The summed E-state index contributed by atoms with van der Waals surface area (Å²) in [6.07, 6.45) is 0.675. The minimum Gasteiger partial charge on any atom is -0.480 e. The lowest BCUT2D eigenvalue weighted by atomic mass is 10.2. The Balaban J connectivity index is 2.91. The van der Waals surface area contributed by atoms with Gasteiger partial charge in [0.15, 0.2) is 0 Å². The highest BCUT2D eigenvalue weighted by atomic mass is 35.5. The van der Waals surface area contributed by atoms with Crippen LogP contribution in [0.2, 0.25) is 8.67 Å². The maximum absolute atomic E-state index is 12.0. The van der Waals surface area contributed by atoms with Gasteiger partial charge in [0.05, 0.1) is 9.90 Å². The van der Waals surface area contributed by atoms with Crippen LogP contribution in [0, 0.1) is 0 Å². The van der Waals surface area contributed by atoms with Crippen LogP contribution in [0.25, 0.3) is 0 Å². The molecule has 17 heavy (non-hydrogen) atoms. The molecule has 0 unspecified atom stereocenters. The second-order valence-electron chi connectivity index (χ2n) is 3.36. The monoisotopic (exact) mass is 295 g/mol. The molecular weight excluding hydrogens is 285 g/mol. The summed E-state index contributed by atoms with van der Waals surface area (Å²) < 4.78 is 0.691. The third kappa shape index (κ3) is 3.87. The average Bonchev–Trinajstić information content (AvgIpc) is 2.55. The maximum atomic E-state index is 12.0. The zero-order chi connectivity index (χ0) is 13.0. The van der Waals surface area contributed by atoms with Crippen molar-refractivity contribution in [2.45, 2.75) is 13.3 Å². The van der Waals surface area contributed by atoms with Crippen LogP contribution >= 0.6 is 34.5 Å². The Labute approximate surface area is 113 Å². The molecule has 7 heteroatoms. The number of halogens is 2. The Hall–Kier alpha value is -0.780. The first-order chi connectivity index (χ1) is 7.95. The van der Waals surface area contributed by atoms with E-state index in [4.69, 9.17) is 28.3 Å². The quantitative estimate of drug-likeness (QED) is 0.908. The van der Waals surface area contributed by atoms with Crippen molar-refractivity contribution in [1.82, 2.24) is 4.90 Å². The highest BCUT2D eigenvalue weighted by molar-refractivity contribution is 7.20.